The highest BCUT2D eigenvalue weighted by Gasteiger charge is 2.20. The number of benzene rings is 2. The molecule has 0 aromatic heterocycles. The summed E-state index contributed by atoms with van der Waals surface area (Å²) in [5.41, 5.74) is 0.745. The Hall–Kier alpha value is -2.75. The van der Waals surface area contributed by atoms with Crippen molar-refractivity contribution in [2.45, 2.75) is 23.8 Å². The van der Waals surface area contributed by atoms with Gasteiger partial charge in [0, 0.05) is 18.8 Å². The Labute approximate surface area is 169 Å². The Morgan fingerprint density at radius 2 is 1.79 bits per heavy atom. The molecule has 2 aromatic carbocycles. The molecule has 9 heteroatoms. The minimum Gasteiger partial charge on any atom is -0.452 e. The summed E-state index contributed by atoms with van der Waals surface area (Å²) >= 11 is 0. The van der Waals surface area contributed by atoms with Crippen molar-refractivity contribution >= 4 is 27.6 Å². The first-order valence-electron chi connectivity index (χ1n) is 9.17. The molecule has 1 aliphatic heterocycles. The first-order valence-corrected chi connectivity index (χ1v) is 10.7. The van der Waals surface area contributed by atoms with Gasteiger partial charge < -0.3 is 14.8 Å². The Morgan fingerprint density at radius 3 is 2.45 bits per heavy atom. The summed E-state index contributed by atoms with van der Waals surface area (Å²) in [5, 5.41) is 2.60. The smallest absolute Gasteiger partial charge is 0.338 e. The maximum Gasteiger partial charge on any atom is 0.338 e. The van der Waals surface area contributed by atoms with Crippen LogP contribution in [-0.4, -0.2) is 46.2 Å². The standard InChI is InChI=1S/C20H22N2O6S/c23-19(22-16-5-2-1-3-6-16)14-28-20(24)15-8-10-18(11-9-15)29(25,26)21-13-17-7-4-12-27-17/h1-3,5-6,8-11,17,21H,4,7,12-14H2,(H,22,23)/t17-/m0/s1. The molecule has 0 aliphatic carbocycles. The fraction of sp³-hybridized carbons (Fsp3) is 0.300. The molecule has 154 valence electrons. The monoisotopic (exact) mass is 418 g/mol. The summed E-state index contributed by atoms with van der Waals surface area (Å²) in [6.07, 6.45) is 1.64. The van der Waals surface area contributed by atoms with Gasteiger partial charge in [-0.25, -0.2) is 17.9 Å². The lowest BCUT2D eigenvalue weighted by Crippen LogP contribution is -2.31. The maximum atomic E-state index is 12.3. The third-order valence-corrected chi connectivity index (χ3v) is 5.76. The highest BCUT2D eigenvalue weighted by atomic mass is 32.2. The second-order valence-electron chi connectivity index (χ2n) is 6.50. The number of carbonyl (C=O) groups is 2. The number of hydrogen-bond donors (Lipinski definition) is 2. The predicted octanol–water partition coefficient (Wildman–Crippen LogP) is 1.94. The van der Waals surface area contributed by atoms with Gasteiger partial charge in [-0.2, -0.15) is 0 Å². The summed E-state index contributed by atoms with van der Waals surface area (Å²) < 4.78 is 37.5. The van der Waals surface area contributed by atoms with Crippen molar-refractivity contribution in [1.29, 1.82) is 0 Å². The van der Waals surface area contributed by atoms with E-state index >= 15 is 0 Å². The average molecular weight is 418 g/mol. The van der Waals surface area contributed by atoms with Crippen LogP contribution in [0.4, 0.5) is 5.69 Å². The molecule has 1 fully saturated rings. The first kappa shape index (κ1) is 21.0. The zero-order chi connectivity index (χ0) is 20.7. The summed E-state index contributed by atoms with van der Waals surface area (Å²) in [6, 6.07) is 14.1. The summed E-state index contributed by atoms with van der Waals surface area (Å²) in [5.74, 6) is -1.19. The number of ether oxygens (including phenoxy) is 2. The van der Waals surface area contributed by atoms with Gasteiger partial charge in [-0.15, -0.1) is 0 Å². The fourth-order valence-electron chi connectivity index (χ4n) is 2.79. The van der Waals surface area contributed by atoms with E-state index in [9.17, 15) is 18.0 Å². The van der Waals surface area contributed by atoms with E-state index < -0.39 is 28.5 Å². The zero-order valence-corrected chi connectivity index (χ0v) is 16.5. The number of amides is 1. The van der Waals surface area contributed by atoms with Crippen molar-refractivity contribution in [3.05, 3.63) is 60.2 Å². The minimum absolute atomic E-state index is 0.0360. The molecule has 29 heavy (non-hydrogen) atoms. The summed E-state index contributed by atoms with van der Waals surface area (Å²) in [4.78, 5) is 23.9. The van der Waals surface area contributed by atoms with Gasteiger partial charge in [0.15, 0.2) is 6.61 Å². The normalized spacial score (nSPS) is 16.3. The molecule has 0 spiro atoms. The van der Waals surface area contributed by atoms with Crippen molar-refractivity contribution in [2.24, 2.45) is 0 Å². The van der Waals surface area contributed by atoms with Crippen molar-refractivity contribution < 1.29 is 27.5 Å². The summed E-state index contributed by atoms with van der Waals surface area (Å²) in [7, 11) is -3.70. The van der Waals surface area contributed by atoms with Gasteiger partial charge in [-0.05, 0) is 49.2 Å². The molecule has 2 N–H and O–H groups in total. The van der Waals surface area contributed by atoms with Crippen molar-refractivity contribution in [3.63, 3.8) is 0 Å². The Balaban J connectivity index is 1.50. The molecule has 0 radical (unpaired) electrons. The lowest BCUT2D eigenvalue weighted by atomic mass is 10.2. The van der Waals surface area contributed by atoms with Gasteiger partial charge in [0.2, 0.25) is 10.0 Å². The quantitative estimate of drug-likeness (QED) is 0.634. The summed E-state index contributed by atoms with van der Waals surface area (Å²) in [6.45, 7) is 0.409. The van der Waals surface area contributed by atoms with Gasteiger partial charge in [-0.3, -0.25) is 4.79 Å². The van der Waals surface area contributed by atoms with E-state index in [-0.39, 0.29) is 23.1 Å². The number of esters is 1. The Kier molecular flexibility index (Phi) is 6.97. The number of rotatable bonds is 8. The van der Waals surface area contributed by atoms with Crippen LogP contribution in [0.5, 0.6) is 0 Å². The third-order valence-electron chi connectivity index (χ3n) is 4.32. The molecule has 0 saturated carbocycles. The number of nitrogens with one attached hydrogen (secondary N) is 2. The lowest BCUT2D eigenvalue weighted by Gasteiger charge is -2.11. The van der Waals surface area contributed by atoms with Crippen LogP contribution in [0.1, 0.15) is 23.2 Å². The highest BCUT2D eigenvalue weighted by molar-refractivity contribution is 7.89. The van der Waals surface area contributed by atoms with Gasteiger partial charge in [-0.1, -0.05) is 18.2 Å². The van der Waals surface area contributed by atoms with E-state index in [0.717, 1.165) is 12.8 Å². The first-order chi connectivity index (χ1) is 13.9. The third kappa shape index (κ3) is 6.11. The van der Waals surface area contributed by atoms with Gasteiger partial charge >= 0.3 is 5.97 Å². The molecule has 1 saturated heterocycles. The molecular weight excluding hydrogens is 396 g/mol. The predicted molar refractivity (Wildman–Crippen MR) is 106 cm³/mol. The van der Waals surface area contributed by atoms with Crippen molar-refractivity contribution in [1.82, 2.24) is 4.72 Å². The molecule has 0 unspecified atom stereocenters. The topological polar surface area (TPSA) is 111 Å². The van der Waals surface area contributed by atoms with Crippen molar-refractivity contribution in [3.8, 4) is 0 Å². The lowest BCUT2D eigenvalue weighted by molar-refractivity contribution is -0.119. The van der Waals surface area contributed by atoms with Crippen LogP contribution in [-0.2, 0) is 24.3 Å². The second-order valence-corrected chi connectivity index (χ2v) is 8.27. The molecule has 0 bridgehead atoms. The largest absolute Gasteiger partial charge is 0.452 e. The van der Waals surface area contributed by atoms with E-state index in [1.807, 2.05) is 6.07 Å². The molecule has 2 aromatic rings. The maximum absolute atomic E-state index is 12.3. The second kappa shape index (κ2) is 9.64. The molecule has 1 heterocycles. The van der Waals surface area contributed by atoms with Crippen LogP contribution in [0.3, 0.4) is 0 Å². The highest BCUT2D eigenvalue weighted by Crippen LogP contribution is 2.14. The van der Waals surface area contributed by atoms with E-state index in [0.29, 0.717) is 12.3 Å². The van der Waals surface area contributed by atoms with E-state index in [4.69, 9.17) is 9.47 Å². The van der Waals surface area contributed by atoms with Crippen LogP contribution < -0.4 is 10.0 Å². The number of para-hydroxylation sites is 1. The molecule has 3 rings (SSSR count). The van der Waals surface area contributed by atoms with Crippen molar-refractivity contribution in [2.75, 3.05) is 25.1 Å². The Bertz CT molecular complexity index is 939. The molecule has 1 aliphatic rings. The van der Waals surface area contributed by atoms with E-state index in [1.165, 1.54) is 24.3 Å². The molecule has 8 nitrogen and oxygen atoms in total. The SMILES string of the molecule is O=C(COC(=O)c1ccc(S(=O)(=O)NC[C@@H]2CCCO2)cc1)Nc1ccccc1. The van der Waals surface area contributed by atoms with Crippen LogP contribution in [0.25, 0.3) is 0 Å². The molecule has 1 amide bonds. The number of carbonyl (C=O) groups excluding carboxylic acids is 2. The number of anilines is 1. The van der Waals surface area contributed by atoms with Crippen LogP contribution >= 0.6 is 0 Å². The molecular formula is C20H22N2O6S. The fourth-order valence-corrected chi connectivity index (χ4v) is 3.86. The van der Waals surface area contributed by atoms with E-state index in [2.05, 4.69) is 10.0 Å². The zero-order valence-electron chi connectivity index (χ0n) is 15.7. The van der Waals surface area contributed by atoms with Gasteiger partial charge in [0.1, 0.15) is 0 Å². The van der Waals surface area contributed by atoms with Crippen LogP contribution in [0.15, 0.2) is 59.5 Å². The Morgan fingerprint density at radius 1 is 1.07 bits per heavy atom. The number of hydrogen-bond acceptors (Lipinski definition) is 6. The molecule has 1 atom stereocenters. The number of sulfonamides is 1. The van der Waals surface area contributed by atoms with Crippen LogP contribution in [0, 0.1) is 0 Å². The minimum atomic E-state index is -3.70. The van der Waals surface area contributed by atoms with Gasteiger partial charge in [0.05, 0.1) is 16.6 Å². The van der Waals surface area contributed by atoms with Gasteiger partial charge in [0.25, 0.3) is 5.91 Å². The van der Waals surface area contributed by atoms with E-state index in [1.54, 1.807) is 24.3 Å². The van der Waals surface area contributed by atoms with Crippen LogP contribution in [0.2, 0.25) is 0 Å². The average Bonchev–Trinajstić information content (AvgIpc) is 3.25.